The van der Waals surface area contributed by atoms with Gasteiger partial charge in [-0.15, -0.1) is 0 Å². The molecule has 0 aliphatic carbocycles. The number of Topliss-reactive ketones (excluding diaryl/α,β-unsaturated/α-hetero) is 1. The molecule has 0 radical (unpaired) electrons. The second kappa shape index (κ2) is 7.43. The first kappa shape index (κ1) is 17.9. The largest absolute Gasteiger partial charge is 0.325 e. The van der Waals surface area contributed by atoms with Crippen molar-refractivity contribution in [2.45, 2.75) is 47.6 Å². The van der Waals surface area contributed by atoms with Gasteiger partial charge < -0.3 is 5.32 Å². The summed E-state index contributed by atoms with van der Waals surface area (Å²) in [4.78, 5) is 24.1. The number of hydrogen-bond acceptors (Lipinski definition) is 3. The number of amides is 1. The van der Waals surface area contributed by atoms with Crippen molar-refractivity contribution < 1.29 is 9.59 Å². The maximum Gasteiger partial charge on any atom is 0.228 e. The number of anilines is 1. The van der Waals surface area contributed by atoms with Crippen molar-refractivity contribution >= 4 is 17.4 Å². The smallest absolute Gasteiger partial charge is 0.228 e. The molecule has 1 aromatic carbocycles. The monoisotopic (exact) mass is 327 g/mol. The first-order chi connectivity index (χ1) is 11.3. The molecule has 0 aliphatic rings. The third kappa shape index (κ3) is 4.10. The molecule has 1 N–H and O–H groups in total. The number of rotatable bonds is 6. The van der Waals surface area contributed by atoms with Gasteiger partial charge >= 0.3 is 0 Å². The highest BCUT2D eigenvalue weighted by Crippen LogP contribution is 2.18. The van der Waals surface area contributed by atoms with Gasteiger partial charge in [-0.05, 0) is 38.8 Å². The fraction of sp³-hybridized carbons (Fsp3) is 0.421. The molecule has 2 aromatic rings. The highest BCUT2D eigenvalue weighted by molar-refractivity contribution is 6.04. The van der Waals surface area contributed by atoms with E-state index in [4.69, 9.17) is 0 Å². The first-order valence-corrected chi connectivity index (χ1v) is 8.22. The summed E-state index contributed by atoms with van der Waals surface area (Å²) in [6.07, 6.45) is 0.252. The van der Waals surface area contributed by atoms with E-state index in [1.54, 1.807) is 24.3 Å². The van der Waals surface area contributed by atoms with Crippen LogP contribution in [0.15, 0.2) is 24.3 Å². The molecule has 128 valence electrons. The van der Waals surface area contributed by atoms with Crippen molar-refractivity contribution in [3.8, 4) is 0 Å². The van der Waals surface area contributed by atoms with E-state index in [1.807, 2.05) is 18.5 Å². The number of nitrogens with one attached hydrogen (secondary N) is 1. The number of aromatic nitrogens is 2. The van der Waals surface area contributed by atoms with E-state index >= 15 is 0 Å². The van der Waals surface area contributed by atoms with Crippen LogP contribution in [0.4, 0.5) is 5.69 Å². The van der Waals surface area contributed by atoms with E-state index in [-0.39, 0.29) is 18.1 Å². The van der Waals surface area contributed by atoms with Crippen LogP contribution in [0.25, 0.3) is 0 Å². The summed E-state index contributed by atoms with van der Waals surface area (Å²) in [6.45, 7) is 10.5. The van der Waals surface area contributed by atoms with Crippen LogP contribution in [0.3, 0.4) is 0 Å². The Morgan fingerprint density at radius 2 is 1.88 bits per heavy atom. The Hall–Kier alpha value is -2.43. The van der Waals surface area contributed by atoms with Crippen molar-refractivity contribution in [3.63, 3.8) is 0 Å². The van der Waals surface area contributed by atoms with E-state index in [9.17, 15) is 9.59 Å². The second-order valence-electron chi connectivity index (χ2n) is 6.55. The van der Waals surface area contributed by atoms with Crippen LogP contribution < -0.4 is 5.32 Å². The summed E-state index contributed by atoms with van der Waals surface area (Å²) in [5.74, 6) is 0.286. The molecule has 5 nitrogen and oxygen atoms in total. The molecule has 0 spiro atoms. The standard InChI is InChI=1S/C19H25N3O2/c1-12(2)11-22-14(4)17(13(3)21-22)10-19(24)20-18-9-7-6-8-16(18)15(5)23/h6-9,12H,10-11H2,1-5H3,(H,20,24). The van der Waals surface area contributed by atoms with Crippen LogP contribution in [-0.4, -0.2) is 21.5 Å². The second-order valence-corrected chi connectivity index (χ2v) is 6.55. The number of aryl methyl sites for hydroxylation is 1. The van der Waals surface area contributed by atoms with E-state index in [1.165, 1.54) is 6.92 Å². The van der Waals surface area contributed by atoms with Crippen molar-refractivity contribution in [1.29, 1.82) is 0 Å². The number of para-hydroxylation sites is 1. The van der Waals surface area contributed by atoms with Crippen molar-refractivity contribution in [3.05, 3.63) is 46.8 Å². The number of nitrogens with zero attached hydrogens (tertiary/aromatic N) is 2. The minimum absolute atomic E-state index is 0.0667. The molecule has 1 aromatic heterocycles. The number of benzene rings is 1. The molecule has 0 atom stereocenters. The lowest BCUT2D eigenvalue weighted by Gasteiger charge is -2.10. The van der Waals surface area contributed by atoms with Gasteiger partial charge in [-0.2, -0.15) is 5.10 Å². The van der Waals surface area contributed by atoms with Crippen LogP contribution in [-0.2, 0) is 17.8 Å². The van der Waals surface area contributed by atoms with Gasteiger partial charge in [-0.25, -0.2) is 0 Å². The van der Waals surface area contributed by atoms with Crippen molar-refractivity contribution in [1.82, 2.24) is 9.78 Å². The zero-order valence-corrected chi connectivity index (χ0v) is 15.0. The molecular formula is C19H25N3O2. The van der Waals surface area contributed by atoms with Crippen molar-refractivity contribution in [2.24, 2.45) is 5.92 Å². The average molecular weight is 327 g/mol. The summed E-state index contributed by atoms with van der Waals surface area (Å²) in [7, 11) is 0. The Bertz CT molecular complexity index is 760. The summed E-state index contributed by atoms with van der Waals surface area (Å²) in [6, 6.07) is 7.06. The molecule has 1 amide bonds. The molecule has 0 saturated carbocycles. The van der Waals surface area contributed by atoms with Gasteiger partial charge in [-0.3, -0.25) is 14.3 Å². The Labute approximate surface area is 143 Å². The van der Waals surface area contributed by atoms with Gasteiger partial charge in [0.25, 0.3) is 0 Å². The molecule has 0 bridgehead atoms. The highest BCUT2D eigenvalue weighted by Gasteiger charge is 2.17. The van der Waals surface area contributed by atoms with Crippen molar-refractivity contribution in [2.75, 3.05) is 5.32 Å². The average Bonchev–Trinajstić information content (AvgIpc) is 2.74. The predicted molar refractivity (Wildman–Crippen MR) is 95.3 cm³/mol. The number of carbonyl (C=O) groups excluding carboxylic acids is 2. The quantitative estimate of drug-likeness (QED) is 0.825. The minimum Gasteiger partial charge on any atom is -0.325 e. The Balaban J connectivity index is 2.16. The molecular weight excluding hydrogens is 302 g/mol. The van der Waals surface area contributed by atoms with Gasteiger partial charge in [0.2, 0.25) is 5.91 Å². The first-order valence-electron chi connectivity index (χ1n) is 8.22. The van der Waals surface area contributed by atoms with Gasteiger partial charge in [0.1, 0.15) is 0 Å². The lowest BCUT2D eigenvalue weighted by atomic mass is 10.1. The number of carbonyl (C=O) groups is 2. The van der Waals surface area contributed by atoms with E-state index in [0.29, 0.717) is 17.2 Å². The molecule has 1 heterocycles. The zero-order valence-electron chi connectivity index (χ0n) is 15.0. The fourth-order valence-electron chi connectivity index (χ4n) is 2.77. The Kier molecular flexibility index (Phi) is 5.54. The topological polar surface area (TPSA) is 64.0 Å². The van der Waals surface area contributed by atoms with Gasteiger partial charge in [0, 0.05) is 23.4 Å². The third-order valence-corrected chi connectivity index (χ3v) is 3.99. The molecule has 2 rings (SSSR count). The Morgan fingerprint density at radius 3 is 2.50 bits per heavy atom. The molecule has 24 heavy (non-hydrogen) atoms. The van der Waals surface area contributed by atoms with Crippen LogP contribution in [0.2, 0.25) is 0 Å². The highest BCUT2D eigenvalue weighted by atomic mass is 16.1. The predicted octanol–water partition coefficient (Wildman–Crippen LogP) is 3.54. The maximum absolute atomic E-state index is 12.4. The minimum atomic E-state index is -0.140. The fourth-order valence-corrected chi connectivity index (χ4v) is 2.77. The van der Waals surface area contributed by atoms with E-state index < -0.39 is 0 Å². The molecule has 5 heteroatoms. The molecule has 0 fully saturated rings. The molecule has 0 unspecified atom stereocenters. The van der Waals surface area contributed by atoms with Gasteiger partial charge in [0.05, 0.1) is 17.8 Å². The SMILES string of the molecule is CC(=O)c1ccccc1NC(=O)Cc1c(C)nn(CC(C)C)c1C. The van der Waals surface area contributed by atoms with Gasteiger partial charge in [-0.1, -0.05) is 26.0 Å². The molecule has 0 aliphatic heterocycles. The number of ketones is 1. The third-order valence-electron chi connectivity index (χ3n) is 3.99. The van der Waals surface area contributed by atoms with Crippen LogP contribution in [0, 0.1) is 19.8 Å². The lowest BCUT2D eigenvalue weighted by molar-refractivity contribution is -0.115. The summed E-state index contributed by atoms with van der Waals surface area (Å²) < 4.78 is 1.96. The zero-order chi connectivity index (χ0) is 17.9. The van der Waals surface area contributed by atoms with E-state index in [0.717, 1.165) is 23.5 Å². The van der Waals surface area contributed by atoms with E-state index in [2.05, 4.69) is 24.3 Å². The summed E-state index contributed by atoms with van der Waals surface area (Å²) >= 11 is 0. The van der Waals surface area contributed by atoms with Crippen LogP contribution in [0.5, 0.6) is 0 Å². The lowest BCUT2D eigenvalue weighted by Crippen LogP contribution is -2.17. The van der Waals surface area contributed by atoms with Crippen LogP contribution >= 0.6 is 0 Å². The van der Waals surface area contributed by atoms with Gasteiger partial charge in [0.15, 0.2) is 5.78 Å². The summed E-state index contributed by atoms with van der Waals surface area (Å²) in [5, 5.41) is 7.39. The Morgan fingerprint density at radius 1 is 1.21 bits per heavy atom. The van der Waals surface area contributed by atoms with Crippen LogP contribution in [0.1, 0.15) is 48.1 Å². The number of hydrogen-bond donors (Lipinski definition) is 1. The normalized spacial score (nSPS) is 10.9. The summed E-state index contributed by atoms with van der Waals surface area (Å²) in [5.41, 5.74) is 3.93. The molecule has 0 saturated heterocycles. The maximum atomic E-state index is 12.4.